The number of carboxylic acids is 1. The summed E-state index contributed by atoms with van der Waals surface area (Å²) in [5, 5.41) is 27.7. The summed E-state index contributed by atoms with van der Waals surface area (Å²) in [5.74, 6) is -5.15. The second kappa shape index (κ2) is 21.4. The van der Waals surface area contributed by atoms with Crippen LogP contribution in [0.2, 0.25) is 0 Å². The van der Waals surface area contributed by atoms with Crippen molar-refractivity contribution < 1.29 is 38.7 Å². The summed E-state index contributed by atoms with van der Waals surface area (Å²) in [4.78, 5) is 95.6. The molecule has 0 saturated carbocycles. The van der Waals surface area contributed by atoms with E-state index in [1.807, 2.05) is 72.1 Å². The molecule has 2 aliphatic rings. The van der Waals surface area contributed by atoms with Crippen molar-refractivity contribution in [3.8, 4) is 11.1 Å². The molecule has 5 aromatic rings. The van der Waals surface area contributed by atoms with Crippen molar-refractivity contribution in [3.63, 3.8) is 0 Å². The van der Waals surface area contributed by atoms with Gasteiger partial charge in [0, 0.05) is 49.1 Å². The topological polar surface area (TPSA) is 212 Å². The number of carboxylic acid groups (broad SMARTS) is 1. The molecule has 6 amide bonds. The third-order valence-corrected chi connectivity index (χ3v) is 11.2. The van der Waals surface area contributed by atoms with Crippen molar-refractivity contribution in [1.29, 1.82) is 0 Å². The molecular formula is C47H48N6O8S. The van der Waals surface area contributed by atoms with E-state index in [4.69, 9.17) is 0 Å². The van der Waals surface area contributed by atoms with E-state index in [-0.39, 0.29) is 38.5 Å². The highest BCUT2D eigenvalue weighted by Gasteiger charge is 2.33. The molecule has 0 fully saturated rings. The number of carbonyl (C=O) groups excluding carboxylic acids is 6. The number of nitrogens with one attached hydrogen (secondary N) is 6. The van der Waals surface area contributed by atoms with Gasteiger partial charge in [0.1, 0.15) is 30.2 Å². The van der Waals surface area contributed by atoms with Crippen LogP contribution in [-0.4, -0.2) is 76.7 Å². The number of amides is 6. The van der Waals surface area contributed by atoms with E-state index >= 15 is 0 Å². The number of hydrogen-bond acceptors (Lipinski definition) is 8. The van der Waals surface area contributed by atoms with Crippen LogP contribution in [0, 0.1) is 0 Å². The number of thiophene rings is 1. The van der Waals surface area contributed by atoms with Gasteiger partial charge >= 0.3 is 5.97 Å². The molecule has 0 radical (unpaired) electrons. The van der Waals surface area contributed by atoms with E-state index < -0.39 is 71.6 Å². The monoisotopic (exact) mass is 856 g/mol. The van der Waals surface area contributed by atoms with Gasteiger partial charge in [0.2, 0.25) is 35.4 Å². The van der Waals surface area contributed by atoms with Crippen LogP contribution < -0.4 is 31.9 Å². The lowest BCUT2D eigenvalue weighted by molar-refractivity contribution is -0.141. The van der Waals surface area contributed by atoms with Crippen LogP contribution in [-0.2, 0) is 59.2 Å². The molecule has 62 heavy (non-hydrogen) atoms. The second-order valence-electron chi connectivity index (χ2n) is 15.1. The van der Waals surface area contributed by atoms with E-state index in [1.165, 1.54) is 18.3 Å². The quantitative estimate of drug-likeness (QED) is 0.102. The Morgan fingerprint density at radius 2 is 1.18 bits per heavy atom. The maximum absolute atomic E-state index is 14.6. The molecule has 2 aliphatic heterocycles. The summed E-state index contributed by atoms with van der Waals surface area (Å²) in [6, 6.07) is 30.1. The van der Waals surface area contributed by atoms with Crippen LogP contribution in [0.15, 0.2) is 127 Å². The molecule has 0 aliphatic carbocycles. The summed E-state index contributed by atoms with van der Waals surface area (Å²) in [6.07, 6.45) is -0.388. The van der Waals surface area contributed by atoms with Crippen molar-refractivity contribution in [2.24, 2.45) is 0 Å². The minimum atomic E-state index is -1.29. The third-order valence-electron chi connectivity index (χ3n) is 10.3. The Balaban J connectivity index is 1.36. The lowest BCUT2D eigenvalue weighted by Gasteiger charge is -2.27. The Morgan fingerprint density at radius 1 is 0.629 bits per heavy atom. The fourth-order valence-electron chi connectivity index (χ4n) is 6.89. The Hall–Kier alpha value is -7.13. The fraction of sp³-hybridized carbons (Fsp3) is 0.255. The van der Waals surface area contributed by atoms with Gasteiger partial charge in [0.05, 0.1) is 0 Å². The molecule has 320 valence electrons. The first-order chi connectivity index (χ1) is 29.9. The molecule has 0 spiro atoms. The highest BCUT2D eigenvalue weighted by Crippen LogP contribution is 2.21. The van der Waals surface area contributed by atoms with Crippen molar-refractivity contribution >= 4 is 58.4 Å². The minimum absolute atomic E-state index is 0.0000885. The summed E-state index contributed by atoms with van der Waals surface area (Å²) < 4.78 is 0. The average molecular weight is 857 g/mol. The normalized spacial score (nSPS) is 19.7. The van der Waals surface area contributed by atoms with Gasteiger partial charge in [-0.1, -0.05) is 103 Å². The standard InChI is InChI=1S/C47H48N6O8S/c1-29(47(60)61)48-43(56)37-27-32-16-20-35(21-17-32)49-41(54)22-23-42(55)50-40(28-36-13-8-24-62-36)46(59)53-39(26-31-14-18-34(19-15-31)33-11-6-3-7-12-33)45(58)52-38(44(57)51-37)25-30-9-4-2-5-10-30/h2-21,24,29,37-40H,22-23,25-28H2,1H3,(H,48,56)(H,49,54)(H,50,55)(H,51,57)(H,52,58)(H,53,59)(H,60,61)/t29-,37-,38+,39-,40+/m0/s1. The molecule has 7 rings (SSSR count). The van der Waals surface area contributed by atoms with Gasteiger partial charge in [0.25, 0.3) is 0 Å². The van der Waals surface area contributed by atoms with Crippen molar-refractivity contribution in [1.82, 2.24) is 26.6 Å². The van der Waals surface area contributed by atoms with Crippen molar-refractivity contribution in [2.75, 3.05) is 5.32 Å². The summed E-state index contributed by atoms with van der Waals surface area (Å²) in [6.45, 7) is 1.30. The molecule has 3 heterocycles. The van der Waals surface area contributed by atoms with Gasteiger partial charge in [0.15, 0.2) is 0 Å². The van der Waals surface area contributed by atoms with Gasteiger partial charge < -0.3 is 37.0 Å². The molecule has 0 saturated heterocycles. The fourth-order valence-corrected chi connectivity index (χ4v) is 7.64. The predicted octanol–water partition coefficient (Wildman–Crippen LogP) is 3.95. The van der Waals surface area contributed by atoms with Crippen LogP contribution in [0.3, 0.4) is 0 Å². The summed E-state index contributed by atoms with van der Waals surface area (Å²) >= 11 is 1.39. The predicted molar refractivity (Wildman–Crippen MR) is 235 cm³/mol. The van der Waals surface area contributed by atoms with Crippen LogP contribution >= 0.6 is 11.3 Å². The lowest BCUT2D eigenvalue weighted by Crippen LogP contribution is -2.60. The zero-order valence-corrected chi connectivity index (χ0v) is 34.8. The molecule has 2 bridgehead atoms. The second-order valence-corrected chi connectivity index (χ2v) is 16.1. The van der Waals surface area contributed by atoms with Crippen LogP contribution in [0.5, 0.6) is 0 Å². The van der Waals surface area contributed by atoms with Gasteiger partial charge in [-0.15, -0.1) is 11.3 Å². The third kappa shape index (κ3) is 12.9. The van der Waals surface area contributed by atoms with E-state index in [0.29, 0.717) is 22.4 Å². The molecule has 5 atom stereocenters. The first kappa shape index (κ1) is 44.4. The first-order valence-electron chi connectivity index (χ1n) is 20.2. The van der Waals surface area contributed by atoms with Crippen molar-refractivity contribution in [3.05, 3.63) is 148 Å². The molecule has 1 aromatic heterocycles. The lowest BCUT2D eigenvalue weighted by atomic mass is 9.99. The molecule has 14 nitrogen and oxygen atoms in total. The smallest absolute Gasteiger partial charge is 0.325 e. The molecule has 7 N–H and O–H groups in total. The highest BCUT2D eigenvalue weighted by atomic mass is 32.1. The van der Waals surface area contributed by atoms with Gasteiger partial charge in [-0.05, 0) is 58.3 Å². The average Bonchev–Trinajstić information content (AvgIpc) is 3.79. The van der Waals surface area contributed by atoms with Crippen LogP contribution in [0.25, 0.3) is 11.1 Å². The first-order valence-corrected chi connectivity index (χ1v) is 21.1. The maximum atomic E-state index is 14.6. The highest BCUT2D eigenvalue weighted by molar-refractivity contribution is 7.09. The van der Waals surface area contributed by atoms with Crippen LogP contribution in [0.4, 0.5) is 5.69 Å². The molecular weight excluding hydrogens is 809 g/mol. The molecule has 0 unspecified atom stereocenters. The van der Waals surface area contributed by atoms with E-state index in [0.717, 1.165) is 16.0 Å². The molecule has 15 heteroatoms. The number of anilines is 1. The van der Waals surface area contributed by atoms with Crippen molar-refractivity contribution in [2.45, 2.75) is 75.7 Å². The number of aliphatic carboxylic acids is 1. The van der Waals surface area contributed by atoms with Gasteiger partial charge in [-0.3, -0.25) is 33.6 Å². The number of benzene rings is 4. The summed E-state index contributed by atoms with van der Waals surface area (Å²) in [7, 11) is 0. The van der Waals surface area contributed by atoms with Crippen LogP contribution in [0.1, 0.15) is 41.3 Å². The van der Waals surface area contributed by atoms with E-state index in [2.05, 4.69) is 31.9 Å². The number of hydrogen-bond donors (Lipinski definition) is 7. The Morgan fingerprint density at radius 3 is 1.77 bits per heavy atom. The Kier molecular flexibility index (Phi) is 15.3. The number of carbonyl (C=O) groups is 7. The zero-order valence-electron chi connectivity index (χ0n) is 34.0. The number of fused-ring (bicyclic) bond motifs is 18. The van der Waals surface area contributed by atoms with Gasteiger partial charge in [-0.2, -0.15) is 0 Å². The van der Waals surface area contributed by atoms with Gasteiger partial charge in [-0.25, -0.2) is 0 Å². The van der Waals surface area contributed by atoms with E-state index in [9.17, 15) is 38.7 Å². The minimum Gasteiger partial charge on any atom is -0.480 e. The maximum Gasteiger partial charge on any atom is 0.325 e. The largest absolute Gasteiger partial charge is 0.480 e. The number of rotatable bonds is 10. The zero-order chi connectivity index (χ0) is 44.0. The molecule has 4 aromatic carbocycles. The Labute approximate surface area is 362 Å². The van der Waals surface area contributed by atoms with E-state index in [1.54, 1.807) is 54.6 Å². The summed E-state index contributed by atoms with van der Waals surface area (Å²) in [5.41, 5.74) is 4.29. The Bertz CT molecular complexity index is 2340. The SMILES string of the molecule is C[C@H](NC(=O)[C@@H]1Cc2ccc(cc2)NC(=O)CCC(=O)N[C@H](Cc2cccs2)C(=O)N[C@@H](Cc2ccc(-c3ccccc3)cc2)C(=O)N[C@H](Cc2ccccc2)C(=O)N1)C(=O)O.